The van der Waals surface area contributed by atoms with E-state index in [0.717, 1.165) is 0 Å². The molecule has 1 aliphatic carbocycles. The topological polar surface area (TPSA) is 74.8 Å². The molecule has 8 heteroatoms. The first-order chi connectivity index (χ1) is 13.3. The minimum absolute atomic E-state index is 0.0173. The number of anilines is 1. The number of hydrogen-bond acceptors (Lipinski definition) is 3. The molecule has 2 aromatic rings. The Morgan fingerprint density at radius 2 is 2.00 bits per heavy atom. The van der Waals surface area contributed by atoms with Crippen LogP contribution in [0.2, 0.25) is 0 Å². The van der Waals surface area contributed by atoms with Gasteiger partial charge in [-0.25, -0.2) is 4.98 Å². The first kappa shape index (κ1) is 20.1. The van der Waals surface area contributed by atoms with Gasteiger partial charge in [0.05, 0.1) is 5.92 Å². The number of aryl methyl sites for hydroxylation is 1. The number of amides is 1. The minimum atomic E-state index is -4.38. The maximum absolute atomic E-state index is 13.3. The summed E-state index contributed by atoms with van der Waals surface area (Å²) < 4.78 is 39.8. The predicted molar refractivity (Wildman–Crippen MR) is 99.8 cm³/mol. The van der Waals surface area contributed by atoms with Crippen LogP contribution in [-0.4, -0.2) is 22.1 Å². The van der Waals surface area contributed by atoms with Crippen LogP contribution < -0.4 is 10.9 Å². The first-order valence-electron chi connectivity index (χ1n) is 9.36. The number of aromatic nitrogens is 2. The van der Waals surface area contributed by atoms with Gasteiger partial charge in [0, 0.05) is 28.9 Å². The maximum atomic E-state index is 13.3. The van der Waals surface area contributed by atoms with Gasteiger partial charge in [-0.15, -0.1) is 0 Å². The second kappa shape index (κ2) is 8.16. The number of nitrogens with zero attached hydrogens (tertiary/aromatic N) is 1. The average molecular weight is 393 g/mol. The van der Waals surface area contributed by atoms with E-state index in [1.165, 1.54) is 6.07 Å². The number of nitrogens with one attached hydrogen (secondary N) is 2. The minimum Gasteiger partial charge on any atom is -0.326 e. The summed E-state index contributed by atoms with van der Waals surface area (Å²) in [5.74, 6) is -2.96. The smallest absolute Gasteiger partial charge is 0.326 e. The molecule has 0 aliphatic heterocycles. The molecule has 1 saturated carbocycles. The Bertz CT molecular complexity index is 908. The molecule has 2 atom stereocenters. The Kier molecular flexibility index (Phi) is 5.86. The molecule has 1 amide bonds. The van der Waals surface area contributed by atoms with E-state index in [1.54, 1.807) is 24.3 Å². The Hall–Kier alpha value is -2.64. The van der Waals surface area contributed by atoms with Crippen molar-refractivity contribution in [3.63, 3.8) is 0 Å². The Morgan fingerprint density at radius 3 is 2.71 bits per heavy atom. The number of aromatic amines is 1. The molecule has 0 saturated heterocycles. The summed E-state index contributed by atoms with van der Waals surface area (Å²) >= 11 is 0. The number of alkyl halides is 3. The van der Waals surface area contributed by atoms with E-state index >= 15 is 0 Å². The third-order valence-electron chi connectivity index (χ3n) is 5.08. The van der Waals surface area contributed by atoms with Crippen molar-refractivity contribution in [2.75, 3.05) is 5.32 Å². The molecule has 0 radical (unpaired) electrons. The summed E-state index contributed by atoms with van der Waals surface area (Å²) in [4.78, 5) is 31.3. The molecule has 5 nitrogen and oxygen atoms in total. The van der Waals surface area contributed by atoms with Crippen LogP contribution in [0.25, 0.3) is 11.4 Å². The van der Waals surface area contributed by atoms with Crippen LogP contribution in [0.5, 0.6) is 0 Å². The van der Waals surface area contributed by atoms with E-state index in [2.05, 4.69) is 15.3 Å². The third-order valence-corrected chi connectivity index (χ3v) is 5.08. The lowest BCUT2D eigenvalue weighted by atomic mass is 9.78. The van der Waals surface area contributed by atoms with Crippen molar-refractivity contribution in [2.24, 2.45) is 11.8 Å². The second-order valence-corrected chi connectivity index (χ2v) is 7.05. The van der Waals surface area contributed by atoms with Crippen LogP contribution in [0.1, 0.15) is 38.3 Å². The standard InChI is InChI=1S/C20H22F3N3O2/c1-2-13-11-17(27)26-18(24-13)12-6-5-7-14(10-12)25-19(28)15-8-3-4-9-16(15)20(21,22)23/h5-7,10-11,15-16H,2-4,8-9H2,1H3,(H,25,28)(H,24,26,27). The fourth-order valence-electron chi connectivity index (χ4n) is 3.64. The molecule has 2 N–H and O–H groups in total. The van der Waals surface area contributed by atoms with E-state index in [4.69, 9.17) is 0 Å². The molecule has 28 heavy (non-hydrogen) atoms. The van der Waals surface area contributed by atoms with Crippen molar-refractivity contribution in [3.8, 4) is 11.4 Å². The van der Waals surface area contributed by atoms with Crippen LogP contribution in [0.15, 0.2) is 35.1 Å². The van der Waals surface area contributed by atoms with E-state index in [0.29, 0.717) is 42.0 Å². The normalized spacial score (nSPS) is 20.0. The van der Waals surface area contributed by atoms with Gasteiger partial charge in [0.15, 0.2) is 0 Å². The van der Waals surface area contributed by atoms with Gasteiger partial charge in [0.2, 0.25) is 5.91 Å². The second-order valence-electron chi connectivity index (χ2n) is 7.05. The van der Waals surface area contributed by atoms with E-state index < -0.39 is 23.9 Å². The monoisotopic (exact) mass is 393 g/mol. The fourth-order valence-corrected chi connectivity index (χ4v) is 3.64. The Labute approximate surface area is 160 Å². The zero-order valence-electron chi connectivity index (χ0n) is 15.5. The molecule has 0 spiro atoms. The number of hydrogen-bond donors (Lipinski definition) is 2. The van der Waals surface area contributed by atoms with Gasteiger partial charge in [0.1, 0.15) is 5.82 Å². The van der Waals surface area contributed by atoms with Crippen molar-refractivity contribution < 1.29 is 18.0 Å². The van der Waals surface area contributed by atoms with Gasteiger partial charge in [-0.3, -0.25) is 9.59 Å². The molecule has 2 unspecified atom stereocenters. The quantitative estimate of drug-likeness (QED) is 0.813. The van der Waals surface area contributed by atoms with Gasteiger partial charge < -0.3 is 10.3 Å². The highest BCUT2D eigenvalue weighted by Gasteiger charge is 2.48. The zero-order valence-corrected chi connectivity index (χ0v) is 15.5. The highest BCUT2D eigenvalue weighted by molar-refractivity contribution is 5.93. The summed E-state index contributed by atoms with van der Waals surface area (Å²) in [5, 5.41) is 2.61. The third kappa shape index (κ3) is 4.61. The number of halogens is 3. The Balaban J connectivity index is 1.82. The van der Waals surface area contributed by atoms with Gasteiger partial charge in [0.25, 0.3) is 5.56 Å². The average Bonchev–Trinajstić information content (AvgIpc) is 2.67. The molecule has 1 fully saturated rings. The van der Waals surface area contributed by atoms with Crippen LogP contribution in [0.3, 0.4) is 0 Å². The summed E-state index contributed by atoms with van der Waals surface area (Å²) in [5.41, 5.74) is 1.29. The van der Waals surface area contributed by atoms with Crippen LogP contribution in [0.4, 0.5) is 18.9 Å². The highest BCUT2D eigenvalue weighted by atomic mass is 19.4. The SMILES string of the molecule is CCc1cc(=O)[nH]c(-c2cccc(NC(=O)C3CCCCC3C(F)(F)F)c2)n1. The molecule has 1 aromatic carbocycles. The lowest BCUT2D eigenvalue weighted by Crippen LogP contribution is -2.39. The molecular formula is C20H22F3N3O2. The summed E-state index contributed by atoms with van der Waals surface area (Å²) in [7, 11) is 0. The molecule has 1 aromatic heterocycles. The first-order valence-corrected chi connectivity index (χ1v) is 9.36. The number of carbonyl (C=O) groups excluding carboxylic acids is 1. The van der Waals surface area contributed by atoms with Gasteiger partial charge in [-0.05, 0) is 31.4 Å². The van der Waals surface area contributed by atoms with Crippen molar-refractivity contribution in [1.82, 2.24) is 9.97 Å². The summed E-state index contributed by atoms with van der Waals surface area (Å²) in [6.45, 7) is 1.88. The number of H-pyrrole nitrogens is 1. The number of carbonyl (C=O) groups is 1. The predicted octanol–water partition coefficient (Wildman–Crippen LogP) is 4.31. The number of rotatable bonds is 4. The molecule has 1 heterocycles. The van der Waals surface area contributed by atoms with Crippen molar-refractivity contribution >= 4 is 11.6 Å². The van der Waals surface area contributed by atoms with Crippen molar-refractivity contribution in [1.29, 1.82) is 0 Å². The van der Waals surface area contributed by atoms with E-state index in [-0.39, 0.29) is 18.4 Å². The molecule has 150 valence electrons. The lowest BCUT2D eigenvalue weighted by molar-refractivity contribution is -0.197. The Morgan fingerprint density at radius 1 is 1.25 bits per heavy atom. The molecule has 3 rings (SSSR count). The maximum Gasteiger partial charge on any atom is 0.392 e. The fraction of sp³-hybridized carbons (Fsp3) is 0.450. The zero-order chi connectivity index (χ0) is 20.3. The van der Waals surface area contributed by atoms with Gasteiger partial charge >= 0.3 is 6.18 Å². The summed E-state index contributed by atoms with van der Waals surface area (Å²) in [6, 6.07) is 7.99. The molecule has 1 aliphatic rings. The molecule has 0 bridgehead atoms. The van der Waals surface area contributed by atoms with Gasteiger partial charge in [-0.2, -0.15) is 13.2 Å². The van der Waals surface area contributed by atoms with E-state index in [9.17, 15) is 22.8 Å². The summed E-state index contributed by atoms with van der Waals surface area (Å²) in [6.07, 6.45) is -2.49. The largest absolute Gasteiger partial charge is 0.392 e. The number of benzene rings is 1. The van der Waals surface area contributed by atoms with Crippen molar-refractivity contribution in [2.45, 2.75) is 45.2 Å². The van der Waals surface area contributed by atoms with Crippen LogP contribution in [0, 0.1) is 11.8 Å². The van der Waals surface area contributed by atoms with E-state index in [1.807, 2.05) is 6.92 Å². The van der Waals surface area contributed by atoms with Crippen molar-refractivity contribution in [3.05, 3.63) is 46.4 Å². The van der Waals surface area contributed by atoms with Crippen LogP contribution >= 0.6 is 0 Å². The lowest BCUT2D eigenvalue weighted by Gasteiger charge is -2.32. The van der Waals surface area contributed by atoms with Gasteiger partial charge in [-0.1, -0.05) is 31.9 Å². The van der Waals surface area contributed by atoms with Crippen LogP contribution in [-0.2, 0) is 11.2 Å². The highest BCUT2D eigenvalue weighted by Crippen LogP contribution is 2.41. The molecular weight excluding hydrogens is 371 g/mol.